The number of aliphatic hydroxyl groups is 1. The number of aromatic carboxylic acids is 1. The van der Waals surface area contributed by atoms with Gasteiger partial charge in [-0.05, 0) is 19.4 Å². The van der Waals surface area contributed by atoms with Crippen molar-refractivity contribution in [1.82, 2.24) is 9.97 Å². The summed E-state index contributed by atoms with van der Waals surface area (Å²) < 4.78 is 5.08. The fraction of sp³-hybridized carbons (Fsp3) is 0.545. The molecule has 0 radical (unpaired) electrons. The van der Waals surface area contributed by atoms with Crippen LogP contribution in [0.3, 0.4) is 0 Å². The average Bonchev–Trinajstić information content (AvgIpc) is 2.33. The average molecular weight is 255 g/mol. The Morgan fingerprint density at radius 1 is 1.44 bits per heavy atom. The molecule has 1 heterocycles. The van der Waals surface area contributed by atoms with E-state index in [0.29, 0.717) is 31.4 Å². The van der Waals surface area contributed by atoms with Gasteiger partial charge in [-0.1, -0.05) is 0 Å². The number of carboxylic acid groups (broad SMARTS) is 1. The number of aromatic nitrogens is 2. The van der Waals surface area contributed by atoms with Crippen LogP contribution in [0.4, 0.5) is 5.95 Å². The Morgan fingerprint density at radius 3 is 2.89 bits per heavy atom. The minimum absolute atomic E-state index is 0.0103. The van der Waals surface area contributed by atoms with Crippen molar-refractivity contribution in [2.45, 2.75) is 13.3 Å². The molecule has 0 saturated carbocycles. The van der Waals surface area contributed by atoms with Gasteiger partial charge in [0.25, 0.3) is 0 Å². The van der Waals surface area contributed by atoms with Crippen LogP contribution in [0.15, 0.2) is 6.07 Å². The highest BCUT2D eigenvalue weighted by molar-refractivity contribution is 5.85. The fourth-order valence-electron chi connectivity index (χ4n) is 1.30. The summed E-state index contributed by atoms with van der Waals surface area (Å²) in [5.41, 5.74) is 0.572. The predicted octanol–water partition coefficient (Wildman–Crippen LogP) is 0.294. The molecule has 0 amide bonds. The molecule has 1 aromatic heterocycles. The van der Waals surface area contributed by atoms with Gasteiger partial charge in [0, 0.05) is 18.8 Å². The Morgan fingerprint density at radius 2 is 2.22 bits per heavy atom. The van der Waals surface area contributed by atoms with Gasteiger partial charge in [-0.25, -0.2) is 14.8 Å². The van der Waals surface area contributed by atoms with Crippen LogP contribution in [0.1, 0.15) is 22.6 Å². The molecule has 0 fully saturated rings. The van der Waals surface area contributed by atoms with E-state index in [1.54, 1.807) is 6.92 Å². The SMILES string of the molecule is Cc1cc(C(=O)O)nc(NCCCOCCO)n1. The summed E-state index contributed by atoms with van der Waals surface area (Å²) in [6.45, 7) is 3.14. The van der Waals surface area contributed by atoms with E-state index in [9.17, 15) is 4.79 Å². The molecule has 0 spiro atoms. The van der Waals surface area contributed by atoms with Crippen LogP contribution in [0.25, 0.3) is 0 Å². The predicted molar refractivity (Wildman–Crippen MR) is 64.7 cm³/mol. The highest BCUT2D eigenvalue weighted by atomic mass is 16.5. The summed E-state index contributed by atoms with van der Waals surface area (Å²) in [5.74, 6) is -0.774. The third kappa shape index (κ3) is 5.07. The number of hydrogen-bond acceptors (Lipinski definition) is 6. The standard InChI is InChI=1S/C11H17N3O4/c1-8-7-9(10(16)17)14-11(13-8)12-3-2-5-18-6-4-15/h7,15H,2-6H2,1H3,(H,16,17)(H,12,13,14). The first-order valence-electron chi connectivity index (χ1n) is 5.65. The summed E-state index contributed by atoms with van der Waals surface area (Å²) in [6, 6.07) is 1.41. The van der Waals surface area contributed by atoms with E-state index in [2.05, 4.69) is 15.3 Å². The zero-order valence-electron chi connectivity index (χ0n) is 10.2. The number of rotatable bonds is 8. The van der Waals surface area contributed by atoms with Gasteiger partial charge in [-0.2, -0.15) is 0 Å². The largest absolute Gasteiger partial charge is 0.477 e. The molecule has 0 saturated heterocycles. The summed E-state index contributed by atoms with van der Waals surface area (Å²) in [6.07, 6.45) is 0.722. The Balaban J connectivity index is 2.40. The molecule has 0 bridgehead atoms. The van der Waals surface area contributed by atoms with Gasteiger partial charge in [-0.3, -0.25) is 0 Å². The molecular weight excluding hydrogens is 238 g/mol. The lowest BCUT2D eigenvalue weighted by Crippen LogP contribution is -2.12. The lowest BCUT2D eigenvalue weighted by Gasteiger charge is -2.06. The van der Waals surface area contributed by atoms with E-state index >= 15 is 0 Å². The minimum Gasteiger partial charge on any atom is -0.477 e. The number of aryl methyl sites for hydroxylation is 1. The molecule has 7 nitrogen and oxygen atoms in total. The normalized spacial score (nSPS) is 10.3. The summed E-state index contributed by atoms with van der Waals surface area (Å²) in [7, 11) is 0. The zero-order chi connectivity index (χ0) is 13.4. The summed E-state index contributed by atoms with van der Waals surface area (Å²) >= 11 is 0. The van der Waals surface area contributed by atoms with Gasteiger partial charge in [0.05, 0.1) is 13.2 Å². The van der Waals surface area contributed by atoms with Gasteiger partial charge in [0.2, 0.25) is 5.95 Å². The third-order valence-electron chi connectivity index (χ3n) is 2.06. The van der Waals surface area contributed by atoms with Crippen molar-refractivity contribution in [2.75, 3.05) is 31.7 Å². The van der Waals surface area contributed by atoms with Crippen LogP contribution in [-0.4, -0.2) is 52.5 Å². The highest BCUT2D eigenvalue weighted by Crippen LogP contribution is 2.04. The monoisotopic (exact) mass is 255 g/mol. The lowest BCUT2D eigenvalue weighted by atomic mass is 10.3. The van der Waals surface area contributed by atoms with Crippen molar-refractivity contribution >= 4 is 11.9 Å². The summed E-state index contributed by atoms with van der Waals surface area (Å²) in [5, 5.41) is 20.3. The van der Waals surface area contributed by atoms with Crippen molar-refractivity contribution in [2.24, 2.45) is 0 Å². The second-order valence-electron chi connectivity index (χ2n) is 3.64. The number of anilines is 1. The van der Waals surface area contributed by atoms with Gasteiger partial charge < -0.3 is 20.3 Å². The Kier molecular flexibility index (Phi) is 6.03. The number of hydrogen-bond donors (Lipinski definition) is 3. The molecule has 100 valence electrons. The van der Waals surface area contributed by atoms with Crippen LogP contribution in [0.2, 0.25) is 0 Å². The van der Waals surface area contributed by atoms with Gasteiger partial charge in [-0.15, -0.1) is 0 Å². The Labute approximate surface area is 105 Å². The molecule has 0 aliphatic rings. The second-order valence-corrected chi connectivity index (χ2v) is 3.64. The number of nitrogens with one attached hydrogen (secondary N) is 1. The molecule has 0 aliphatic carbocycles. The Hall–Kier alpha value is -1.73. The van der Waals surface area contributed by atoms with E-state index in [-0.39, 0.29) is 12.3 Å². The third-order valence-corrected chi connectivity index (χ3v) is 2.06. The van der Waals surface area contributed by atoms with Crippen LogP contribution < -0.4 is 5.32 Å². The van der Waals surface area contributed by atoms with Crippen molar-refractivity contribution in [1.29, 1.82) is 0 Å². The quantitative estimate of drug-likeness (QED) is 0.573. The summed E-state index contributed by atoms with van der Waals surface area (Å²) in [4.78, 5) is 18.7. The first-order chi connectivity index (χ1) is 8.63. The van der Waals surface area contributed by atoms with E-state index in [1.165, 1.54) is 6.07 Å². The van der Waals surface area contributed by atoms with Crippen molar-refractivity contribution in [3.8, 4) is 0 Å². The maximum Gasteiger partial charge on any atom is 0.354 e. The molecule has 18 heavy (non-hydrogen) atoms. The fourth-order valence-corrected chi connectivity index (χ4v) is 1.30. The molecule has 0 aliphatic heterocycles. The molecular formula is C11H17N3O4. The van der Waals surface area contributed by atoms with E-state index < -0.39 is 5.97 Å². The number of ether oxygens (including phenoxy) is 1. The second kappa shape index (κ2) is 7.57. The molecule has 7 heteroatoms. The zero-order valence-corrected chi connectivity index (χ0v) is 10.2. The van der Waals surface area contributed by atoms with Crippen LogP contribution in [-0.2, 0) is 4.74 Å². The molecule has 0 aromatic carbocycles. The lowest BCUT2D eigenvalue weighted by molar-refractivity contribution is 0.0690. The number of nitrogens with zero attached hydrogens (tertiary/aromatic N) is 2. The molecule has 0 atom stereocenters. The first-order valence-corrected chi connectivity index (χ1v) is 5.65. The van der Waals surface area contributed by atoms with Gasteiger partial charge >= 0.3 is 5.97 Å². The van der Waals surface area contributed by atoms with Gasteiger partial charge in [0.1, 0.15) is 0 Å². The smallest absolute Gasteiger partial charge is 0.354 e. The van der Waals surface area contributed by atoms with E-state index in [1.807, 2.05) is 0 Å². The molecule has 3 N–H and O–H groups in total. The van der Waals surface area contributed by atoms with E-state index in [0.717, 1.165) is 6.42 Å². The van der Waals surface area contributed by atoms with Crippen molar-refractivity contribution in [3.63, 3.8) is 0 Å². The topological polar surface area (TPSA) is 105 Å². The molecule has 0 unspecified atom stereocenters. The number of carbonyl (C=O) groups is 1. The highest BCUT2D eigenvalue weighted by Gasteiger charge is 2.07. The van der Waals surface area contributed by atoms with Gasteiger partial charge in [0.15, 0.2) is 5.69 Å². The van der Waals surface area contributed by atoms with Crippen LogP contribution >= 0.6 is 0 Å². The number of carboxylic acids is 1. The van der Waals surface area contributed by atoms with Crippen LogP contribution in [0.5, 0.6) is 0 Å². The Bertz CT molecular complexity index is 398. The van der Waals surface area contributed by atoms with Crippen LogP contribution in [0, 0.1) is 6.92 Å². The molecule has 1 rings (SSSR count). The first kappa shape index (κ1) is 14.3. The van der Waals surface area contributed by atoms with Crippen molar-refractivity contribution in [3.05, 3.63) is 17.5 Å². The maximum absolute atomic E-state index is 10.8. The molecule has 1 aromatic rings. The van der Waals surface area contributed by atoms with E-state index in [4.69, 9.17) is 14.9 Å². The van der Waals surface area contributed by atoms with Crippen molar-refractivity contribution < 1.29 is 19.7 Å². The number of aliphatic hydroxyl groups excluding tert-OH is 1. The maximum atomic E-state index is 10.8. The minimum atomic E-state index is -1.07.